The molecule has 2 aromatic carbocycles. The third kappa shape index (κ3) is 3.96. The van der Waals surface area contributed by atoms with Gasteiger partial charge in [-0.25, -0.2) is 9.97 Å². The van der Waals surface area contributed by atoms with Crippen LogP contribution in [-0.2, 0) is 19.5 Å². The number of fused-ring (bicyclic) bond motifs is 3. The second kappa shape index (κ2) is 8.62. The number of aromatic nitrogens is 3. The van der Waals surface area contributed by atoms with Crippen LogP contribution in [-0.4, -0.2) is 21.1 Å². The molecule has 0 saturated carbocycles. The van der Waals surface area contributed by atoms with Crippen molar-refractivity contribution in [2.45, 2.75) is 46.2 Å². The van der Waals surface area contributed by atoms with Crippen molar-refractivity contribution in [3.63, 3.8) is 0 Å². The van der Waals surface area contributed by atoms with E-state index in [1.54, 1.807) is 0 Å². The van der Waals surface area contributed by atoms with E-state index in [2.05, 4.69) is 65.1 Å². The Morgan fingerprint density at radius 1 is 0.966 bits per heavy atom. The molecule has 0 spiro atoms. The van der Waals surface area contributed by atoms with Crippen LogP contribution >= 0.6 is 0 Å². The molecule has 0 unspecified atom stereocenters. The Kier molecular flexibility index (Phi) is 5.76. The summed E-state index contributed by atoms with van der Waals surface area (Å²) in [5.41, 5.74) is 11.7. The Balaban J connectivity index is 1.80. The van der Waals surface area contributed by atoms with Crippen molar-refractivity contribution in [3.05, 3.63) is 65.5 Å². The van der Waals surface area contributed by atoms with Gasteiger partial charge in [-0.1, -0.05) is 62.7 Å². The maximum atomic E-state index is 6.30. The number of hydrogen-bond donors (Lipinski definition) is 2. The number of hydrogen-bond acceptors (Lipinski definition) is 4. The summed E-state index contributed by atoms with van der Waals surface area (Å²) in [4.78, 5) is 9.50. The minimum absolute atomic E-state index is 0.510. The third-order valence-electron chi connectivity index (χ3n) is 5.39. The fourth-order valence-corrected chi connectivity index (χ4v) is 3.82. The number of nitrogens with one attached hydrogen (secondary N) is 1. The van der Waals surface area contributed by atoms with Crippen molar-refractivity contribution in [1.29, 1.82) is 0 Å². The molecule has 5 nitrogen and oxygen atoms in total. The van der Waals surface area contributed by atoms with Crippen LogP contribution in [0.2, 0.25) is 0 Å². The molecule has 4 rings (SSSR count). The summed E-state index contributed by atoms with van der Waals surface area (Å²) in [7, 11) is 0. The first kappa shape index (κ1) is 19.4. The standard InChI is InChI=1S/C24H29N5/c1-3-5-10-21-28-22-23(19-8-6-7-9-20(19)27-24(22)25)29(21)16-18-13-11-17(12-14-18)15-26-4-2/h6-9,11-14,26H,3-5,10,15-16H2,1-2H3,(H2,25,27). The van der Waals surface area contributed by atoms with Gasteiger partial charge < -0.3 is 15.6 Å². The van der Waals surface area contributed by atoms with Crippen molar-refractivity contribution < 1.29 is 0 Å². The summed E-state index contributed by atoms with van der Waals surface area (Å²) < 4.78 is 2.34. The first-order chi connectivity index (χ1) is 14.2. The van der Waals surface area contributed by atoms with Gasteiger partial charge in [-0.2, -0.15) is 0 Å². The highest BCUT2D eigenvalue weighted by atomic mass is 15.1. The summed E-state index contributed by atoms with van der Waals surface area (Å²) in [5.74, 6) is 1.60. The molecular formula is C24H29N5. The fraction of sp³-hybridized carbons (Fsp3) is 0.333. The molecule has 0 aliphatic rings. The molecule has 0 radical (unpaired) electrons. The Bertz CT molecular complexity index is 1110. The highest BCUT2D eigenvalue weighted by molar-refractivity contribution is 6.06. The molecule has 0 atom stereocenters. The lowest BCUT2D eigenvalue weighted by molar-refractivity contribution is 0.690. The molecular weight excluding hydrogens is 358 g/mol. The van der Waals surface area contributed by atoms with Gasteiger partial charge in [0.1, 0.15) is 11.3 Å². The van der Waals surface area contributed by atoms with Gasteiger partial charge in [0, 0.05) is 24.9 Å². The number of anilines is 1. The average molecular weight is 388 g/mol. The molecule has 29 heavy (non-hydrogen) atoms. The molecule has 0 saturated heterocycles. The average Bonchev–Trinajstić information content (AvgIpc) is 3.11. The summed E-state index contributed by atoms with van der Waals surface area (Å²) in [5, 5.41) is 4.48. The zero-order valence-electron chi connectivity index (χ0n) is 17.3. The maximum absolute atomic E-state index is 6.30. The Labute approximate surface area is 172 Å². The Morgan fingerprint density at radius 3 is 2.48 bits per heavy atom. The topological polar surface area (TPSA) is 68.8 Å². The van der Waals surface area contributed by atoms with E-state index in [0.717, 1.165) is 66.7 Å². The van der Waals surface area contributed by atoms with E-state index in [9.17, 15) is 0 Å². The van der Waals surface area contributed by atoms with Crippen molar-refractivity contribution >= 4 is 27.8 Å². The van der Waals surface area contributed by atoms with Crippen molar-refractivity contribution in [2.24, 2.45) is 0 Å². The molecule has 150 valence electrons. The number of rotatable bonds is 8. The normalized spacial score (nSPS) is 11.5. The van der Waals surface area contributed by atoms with E-state index in [4.69, 9.17) is 10.7 Å². The molecule has 5 heteroatoms. The van der Waals surface area contributed by atoms with Crippen LogP contribution in [0.3, 0.4) is 0 Å². The van der Waals surface area contributed by atoms with Crippen LogP contribution in [0, 0.1) is 0 Å². The molecule has 2 heterocycles. The van der Waals surface area contributed by atoms with Crippen LogP contribution in [0.5, 0.6) is 0 Å². The van der Waals surface area contributed by atoms with Gasteiger partial charge in [-0.3, -0.25) is 0 Å². The fourth-order valence-electron chi connectivity index (χ4n) is 3.82. The van der Waals surface area contributed by atoms with Crippen LogP contribution in [0.25, 0.3) is 21.9 Å². The minimum Gasteiger partial charge on any atom is -0.382 e. The molecule has 3 N–H and O–H groups in total. The van der Waals surface area contributed by atoms with Crippen molar-refractivity contribution in [3.8, 4) is 0 Å². The van der Waals surface area contributed by atoms with Gasteiger partial charge in [0.05, 0.1) is 11.0 Å². The van der Waals surface area contributed by atoms with Crippen LogP contribution in [0.15, 0.2) is 48.5 Å². The van der Waals surface area contributed by atoms with Crippen molar-refractivity contribution in [1.82, 2.24) is 19.9 Å². The van der Waals surface area contributed by atoms with E-state index in [0.29, 0.717) is 5.82 Å². The number of para-hydroxylation sites is 1. The van der Waals surface area contributed by atoms with Crippen LogP contribution < -0.4 is 11.1 Å². The van der Waals surface area contributed by atoms with E-state index < -0.39 is 0 Å². The monoisotopic (exact) mass is 387 g/mol. The highest BCUT2D eigenvalue weighted by Crippen LogP contribution is 2.30. The Hall–Kier alpha value is -2.92. The number of imidazole rings is 1. The number of benzene rings is 2. The van der Waals surface area contributed by atoms with E-state index in [1.165, 1.54) is 11.1 Å². The van der Waals surface area contributed by atoms with Crippen LogP contribution in [0.4, 0.5) is 5.82 Å². The number of unbranched alkanes of at least 4 members (excludes halogenated alkanes) is 1. The molecule has 0 aliphatic heterocycles. The lowest BCUT2D eigenvalue weighted by Crippen LogP contribution is -2.11. The second-order valence-electron chi connectivity index (χ2n) is 7.53. The van der Waals surface area contributed by atoms with E-state index >= 15 is 0 Å². The van der Waals surface area contributed by atoms with Gasteiger partial charge >= 0.3 is 0 Å². The Morgan fingerprint density at radius 2 is 1.72 bits per heavy atom. The van der Waals surface area contributed by atoms with Gasteiger partial charge in [0.25, 0.3) is 0 Å². The highest BCUT2D eigenvalue weighted by Gasteiger charge is 2.17. The number of nitrogens with zero attached hydrogens (tertiary/aromatic N) is 3. The molecule has 0 aliphatic carbocycles. The van der Waals surface area contributed by atoms with E-state index in [1.807, 2.05) is 12.1 Å². The predicted molar refractivity (Wildman–Crippen MR) is 121 cm³/mol. The lowest BCUT2D eigenvalue weighted by atomic mass is 10.1. The van der Waals surface area contributed by atoms with Gasteiger partial charge in [-0.05, 0) is 30.2 Å². The van der Waals surface area contributed by atoms with E-state index in [-0.39, 0.29) is 0 Å². The smallest absolute Gasteiger partial charge is 0.152 e. The molecule has 2 aromatic heterocycles. The molecule has 0 bridgehead atoms. The van der Waals surface area contributed by atoms with Crippen LogP contribution in [0.1, 0.15) is 43.6 Å². The summed E-state index contributed by atoms with van der Waals surface area (Å²) in [6.07, 6.45) is 3.18. The molecule has 4 aromatic rings. The third-order valence-corrected chi connectivity index (χ3v) is 5.39. The zero-order chi connectivity index (χ0) is 20.2. The number of aryl methyl sites for hydroxylation is 1. The zero-order valence-corrected chi connectivity index (χ0v) is 17.3. The van der Waals surface area contributed by atoms with Crippen molar-refractivity contribution in [2.75, 3.05) is 12.3 Å². The van der Waals surface area contributed by atoms with Gasteiger partial charge in [0.15, 0.2) is 5.82 Å². The molecule has 0 fully saturated rings. The summed E-state index contributed by atoms with van der Waals surface area (Å²) in [6.45, 7) is 7.00. The summed E-state index contributed by atoms with van der Waals surface area (Å²) in [6, 6.07) is 17.0. The first-order valence-electron chi connectivity index (χ1n) is 10.5. The largest absolute Gasteiger partial charge is 0.382 e. The number of nitrogen functional groups attached to an aromatic ring is 1. The quantitative estimate of drug-likeness (QED) is 0.461. The molecule has 0 amide bonds. The second-order valence-corrected chi connectivity index (χ2v) is 7.53. The summed E-state index contributed by atoms with van der Waals surface area (Å²) >= 11 is 0. The van der Waals surface area contributed by atoms with Gasteiger partial charge in [-0.15, -0.1) is 0 Å². The number of nitrogens with two attached hydrogens (primary N) is 1. The maximum Gasteiger partial charge on any atom is 0.152 e. The van der Waals surface area contributed by atoms with Gasteiger partial charge in [0.2, 0.25) is 0 Å². The lowest BCUT2D eigenvalue weighted by Gasteiger charge is -2.12. The predicted octanol–water partition coefficient (Wildman–Crippen LogP) is 4.67. The minimum atomic E-state index is 0.510. The SMILES string of the molecule is CCCCc1nc2c(N)nc3ccccc3c2n1Cc1ccc(CNCC)cc1. The number of pyridine rings is 1. The first-order valence-corrected chi connectivity index (χ1v) is 10.5.